The first-order valence-electron chi connectivity index (χ1n) is 6.44. The summed E-state index contributed by atoms with van der Waals surface area (Å²) in [5, 5.41) is 9.54. The molecule has 114 valence electrons. The molecule has 0 saturated heterocycles. The van der Waals surface area contributed by atoms with Crippen molar-refractivity contribution in [2.24, 2.45) is 0 Å². The largest absolute Gasteiger partial charge is 0.478 e. The zero-order chi connectivity index (χ0) is 16.3. The van der Waals surface area contributed by atoms with E-state index in [2.05, 4.69) is 0 Å². The van der Waals surface area contributed by atoms with Gasteiger partial charge in [0.2, 0.25) is 0 Å². The molecule has 4 nitrogen and oxygen atoms in total. The second-order valence-corrected chi connectivity index (χ2v) is 4.81. The molecular formula is C16H12ClFO4. The molecule has 22 heavy (non-hydrogen) atoms. The summed E-state index contributed by atoms with van der Waals surface area (Å²) in [4.78, 5) is 23.5. The van der Waals surface area contributed by atoms with Crippen LogP contribution in [0.5, 0.6) is 0 Å². The summed E-state index contributed by atoms with van der Waals surface area (Å²) in [7, 11) is 0. The number of aromatic carboxylic acids is 1. The summed E-state index contributed by atoms with van der Waals surface area (Å²) in [5.74, 6) is -2.68. The third kappa shape index (κ3) is 3.09. The Labute approximate surface area is 131 Å². The Kier molecular flexibility index (Phi) is 4.78. The Bertz CT molecular complexity index is 743. The minimum absolute atomic E-state index is 0.0251. The van der Waals surface area contributed by atoms with E-state index >= 15 is 0 Å². The van der Waals surface area contributed by atoms with Crippen LogP contribution in [-0.4, -0.2) is 23.7 Å². The fourth-order valence-corrected chi connectivity index (χ4v) is 2.26. The minimum Gasteiger partial charge on any atom is -0.478 e. The number of carboxylic acid groups (broad SMARTS) is 1. The summed E-state index contributed by atoms with van der Waals surface area (Å²) in [6, 6.07) is 7.82. The van der Waals surface area contributed by atoms with Crippen LogP contribution in [0.15, 0.2) is 36.4 Å². The van der Waals surface area contributed by atoms with Crippen LogP contribution in [0.4, 0.5) is 4.39 Å². The maximum absolute atomic E-state index is 14.1. The number of carbonyl (C=O) groups is 2. The summed E-state index contributed by atoms with van der Waals surface area (Å²) in [5.41, 5.74) is -0.336. The normalized spacial score (nSPS) is 10.3. The van der Waals surface area contributed by atoms with Crippen molar-refractivity contribution in [3.63, 3.8) is 0 Å². The average Bonchev–Trinajstić information content (AvgIpc) is 2.49. The van der Waals surface area contributed by atoms with Gasteiger partial charge in [-0.05, 0) is 37.3 Å². The SMILES string of the molecule is CCOC(=O)c1cccc(C(=O)O)c1-c1cc(Cl)ccc1F. The Balaban J connectivity index is 2.78. The molecule has 6 heteroatoms. The lowest BCUT2D eigenvalue weighted by atomic mass is 9.94. The molecule has 0 amide bonds. The van der Waals surface area contributed by atoms with E-state index in [0.29, 0.717) is 0 Å². The number of ether oxygens (including phenoxy) is 1. The van der Waals surface area contributed by atoms with Gasteiger partial charge in [0.25, 0.3) is 0 Å². The maximum Gasteiger partial charge on any atom is 0.338 e. The summed E-state index contributed by atoms with van der Waals surface area (Å²) in [6.07, 6.45) is 0. The maximum atomic E-state index is 14.1. The number of carbonyl (C=O) groups excluding carboxylic acids is 1. The predicted molar refractivity (Wildman–Crippen MR) is 79.8 cm³/mol. The molecule has 0 heterocycles. The number of benzene rings is 2. The number of hydrogen-bond donors (Lipinski definition) is 1. The standard InChI is InChI=1S/C16H12ClFO4/c1-2-22-16(21)11-5-3-4-10(15(19)20)14(11)12-8-9(17)6-7-13(12)18/h3-8H,2H2,1H3,(H,19,20). The molecule has 0 fully saturated rings. The van der Waals surface area contributed by atoms with Crippen molar-refractivity contribution in [1.82, 2.24) is 0 Å². The highest BCUT2D eigenvalue weighted by atomic mass is 35.5. The molecule has 2 aromatic rings. The summed E-state index contributed by atoms with van der Waals surface area (Å²) >= 11 is 5.86. The molecule has 0 aliphatic heterocycles. The van der Waals surface area contributed by atoms with E-state index in [1.54, 1.807) is 6.92 Å². The molecule has 0 aliphatic carbocycles. The van der Waals surface area contributed by atoms with Gasteiger partial charge in [-0.15, -0.1) is 0 Å². The lowest BCUT2D eigenvalue weighted by molar-refractivity contribution is 0.0527. The van der Waals surface area contributed by atoms with Gasteiger partial charge in [0.05, 0.1) is 17.7 Å². The van der Waals surface area contributed by atoms with Gasteiger partial charge in [0, 0.05) is 16.1 Å². The van der Waals surface area contributed by atoms with Crippen molar-refractivity contribution in [3.8, 4) is 11.1 Å². The monoisotopic (exact) mass is 322 g/mol. The smallest absolute Gasteiger partial charge is 0.338 e. The van der Waals surface area contributed by atoms with E-state index < -0.39 is 17.8 Å². The van der Waals surface area contributed by atoms with Crippen LogP contribution in [-0.2, 0) is 4.74 Å². The van der Waals surface area contributed by atoms with Gasteiger partial charge in [-0.3, -0.25) is 0 Å². The number of esters is 1. The van der Waals surface area contributed by atoms with Crippen molar-refractivity contribution in [1.29, 1.82) is 0 Å². The highest BCUT2D eigenvalue weighted by Crippen LogP contribution is 2.32. The third-order valence-electron chi connectivity index (χ3n) is 2.99. The molecule has 0 spiro atoms. The van der Waals surface area contributed by atoms with Gasteiger partial charge in [0.1, 0.15) is 5.82 Å². The van der Waals surface area contributed by atoms with Crippen molar-refractivity contribution in [3.05, 3.63) is 58.4 Å². The third-order valence-corrected chi connectivity index (χ3v) is 3.22. The quantitative estimate of drug-likeness (QED) is 0.863. The number of halogens is 2. The fraction of sp³-hybridized carbons (Fsp3) is 0.125. The van der Waals surface area contributed by atoms with Crippen LogP contribution in [0.3, 0.4) is 0 Å². The van der Waals surface area contributed by atoms with Crippen LogP contribution in [0.1, 0.15) is 27.6 Å². The number of carboxylic acids is 1. The summed E-state index contributed by atoms with van der Waals surface area (Å²) < 4.78 is 19.0. The minimum atomic E-state index is -1.28. The second kappa shape index (κ2) is 6.58. The molecule has 0 radical (unpaired) electrons. The van der Waals surface area contributed by atoms with Gasteiger partial charge >= 0.3 is 11.9 Å². The van der Waals surface area contributed by atoms with Crippen LogP contribution in [0.2, 0.25) is 5.02 Å². The molecule has 2 rings (SSSR count). The van der Waals surface area contributed by atoms with E-state index in [1.807, 2.05) is 0 Å². The van der Waals surface area contributed by atoms with Crippen molar-refractivity contribution in [2.45, 2.75) is 6.92 Å². The first-order valence-corrected chi connectivity index (χ1v) is 6.82. The Morgan fingerprint density at radius 1 is 1.23 bits per heavy atom. The number of rotatable bonds is 4. The van der Waals surface area contributed by atoms with E-state index in [1.165, 1.54) is 30.3 Å². The van der Waals surface area contributed by atoms with Crippen LogP contribution in [0, 0.1) is 5.82 Å². The highest BCUT2D eigenvalue weighted by Gasteiger charge is 2.23. The molecule has 0 unspecified atom stereocenters. The van der Waals surface area contributed by atoms with E-state index in [9.17, 15) is 19.1 Å². The molecule has 1 N–H and O–H groups in total. The van der Waals surface area contributed by atoms with Crippen LogP contribution < -0.4 is 0 Å². The zero-order valence-electron chi connectivity index (χ0n) is 11.6. The van der Waals surface area contributed by atoms with E-state index in [-0.39, 0.29) is 33.9 Å². The topological polar surface area (TPSA) is 63.6 Å². The molecular weight excluding hydrogens is 311 g/mol. The van der Waals surface area contributed by atoms with Crippen LogP contribution in [0.25, 0.3) is 11.1 Å². The van der Waals surface area contributed by atoms with Gasteiger partial charge in [0.15, 0.2) is 0 Å². The van der Waals surface area contributed by atoms with Crippen molar-refractivity contribution < 1.29 is 23.8 Å². The first kappa shape index (κ1) is 16.0. The van der Waals surface area contributed by atoms with Crippen molar-refractivity contribution >= 4 is 23.5 Å². The van der Waals surface area contributed by atoms with Gasteiger partial charge in [-0.1, -0.05) is 17.7 Å². The molecule has 0 aromatic heterocycles. The second-order valence-electron chi connectivity index (χ2n) is 4.38. The molecule has 2 aromatic carbocycles. The summed E-state index contributed by atoms with van der Waals surface area (Å²) in [6.45, 7) is 1.74. The number of hydrogen-bond acceptors (Lipinski definition) is 3. The molecule has 0 saturated carbocycles. The Morgan fingerprint density at radius 3 is 2.55 bits per heavy atom. The first-order chi connectivity index (χ1) is 10.5. The lowest BCUT2D eigenvalue weighted by Crippen LogP contribution is -2.11. The van der Waals surface area contributed by atoms with E-state index in [4.69, 9.17) is 16.3 Å². The molecule has 0 bridgehead atoms. The molecule has 0 aliphatic rings. The predicted octanol–water partition coefficient (Wildman–Crippen LogP) is 4.02. The van der Waals surface area contributed by atoms with Crippen LogP contribution >= 0.6 is 11.6 Å². The van der Waals surface area contributed by atoms with E-state index in [0.717, 1.165) is 6.07 Å². The highest BCUT2D eigenvalue weighted by molar-refractivity contribution is 6.31. The van der Waals surface area contributed by atoms with Crippen molar-refractivity contribution in [2.75, 3.05) is 6.61 Å². The lowest BCUT2D eigenvalue weighted by Gasteiger charge is -2.13. The fourth-order valence-electron chi connectivity index (χ4n) is 2.09. The average molecular weight is 323 g/mol. The molecule has 0 atom stereocenters. The zero-order valence-corrected chi connectivity index (χ0v) is 12.4. The van der Waals surface area contributed by atoms with Gasteiger partial charge < -0.3 is 9.84 Å². The van der Waals surface area contributed by atoms with Gasteiger partial charge in [-0.25, -0.2) is 14.0 Å². The Morgan fingerprint density at radius 2 is 1.91 bits per heavy atom. The Hall–Kier alpha value is -2.40. The van der Waals surface area contributed by atoms with Gasteiger partial charge in [-0.2, -0.15) is 0 Å².